The standard InChI is InChI=1S/C11H16N2O2/c1-15-9-4-2-3-8-10(9)13-6-7(5-12)11(8)14/h2-4,7,11,13-14H,5-6,12H2,1H3/t7-,11-/m0/s1. The highest BCUT2D eigenvalue weighted by molar-refractivity contribution is 5.64. The van der Waals surface area contributed by atoms with Crippen LogP contribution in [-0.2, 0) is 0 Å². The van der Waals surface area contributed by atoms with Crippen LogP contribution in [0.25, 0.3) is 0 Å². The third kappa shape index (κ3) is 1.66. The summed E-state index contributed by atoms with van der Waals surface area (Å²) in [6.45, 7) is 1.16. The molecule has 4 heteroatoms. The van der Waals surface area contributed by atoms with Gasteiger partial charge in [-0.15, -0.1) is 0 Å². The minimum absolute atomic E-state index is 0.0737. The molecule has 2 rings (SSSR count). The van der Waals surface area contributed by atoms with Crippen LogP contribution >= 0.6 is 0 Å². The number of ether oxygens (including phenoxy) is 1. The number of hydrogen-bond donors (Lipinski definition) is 3. The summed E-state index contributed by atoms with van der Waals surface area (Å²) < 4.78 is 5.22. The van der Waals surface area contributed by atoms with Gasteiger partial charge in [0.1, 0.15) is 5.75 Å². The van der Waals surface area contributed by atoms with Crippen LogP contribution < -0.4 is 15.8 Å². The Balaban J connectivity index is 2.40. The SMILES string of the molecule is COc1cccc2c1NC[C@H](CN)[C@@H]2O. The van der Waals surface area contributed by atoms with Crippen molar-refractivity contribution in [1.82, 2.24) is 0 Å². The van der Waals surface area contributed by atoms with Crippen molar-refractivity contribution >= 4 is 5.69 Å². The lowest BCUT2D eigenvalue weighted by Gasteiger charge is -2.31. The number of nitrogens with two attached hydrogens (primary N) is 1. The van der Waals surface area contributed by atoms with E-state index in [-0.39, 0.29) is 5.92 Å². The van der Waals surface area contributed by atoms with E-state index in [1.807, 2.05) is 18.2 Å². The number of benzene rings is 1. The molecule has 1 aromatic carbocycles. The molecule has 82 valence electrons. The molecule has 0 aliphatic carbocycles. The van der Waals surface area contributed by atoms with E-state index in [1.54, 1.807) is 7.11 Å². The minimum atomic E-state index is -0.499. The van der Waals surface area contributed by atoms with Crippen molar-refractivity contribution in [2.45, 2.75) is 6.10 Å². The molecular weight excluding hydrogens is 192 g/mol. The van der Waals surface area contributed by atoms with Crippen LogP contribution in [0.5, 0.6) is 5.75 Å². The van der Waals surface area contributed by atoms with Crippen LogP contribution in [0.15, 0.2) is 18.2 Å². The van der Waals surface area contributed by atoms with Crippen LogP contribution in [0.4, 0.5) is 5.69 Å². The van der Waals surface area contributed by atoms with Crippen molar-refractivity contribution in [3.63, 3.8) is 0 Å². The monoisotopic (exact) mass is 208 g/mol. The number of aliphatic hydroxyl groups is 1. The molecule has 0 saturated heterocycles. The zero-order chi connectivity index (χ0) is 10.8. The summed E-state index contributed by atoms with van der Waals surface area (Å²) in [6.07, 6.45) is -0.499. The average molecular weight is 208 g/mol. The minimum Gasteiger partial charge on any atom is -0.495 e. The maximum atomic E-state index is 10.1. The molecule has 1 heterocycles. The van der Waals surface area contributed by atoms with E-state index < -0.39 is 6.10 Å². The lowest BCUT2D eigenvalue weighted by Crippen LogP contribution is -2.33. The second-order valence-corrected chi connectivity index (χ2v) is 3.75. The van der Waals surface area contributed by atoms with Gasteiger partial charge in [0.05, 0.1) is 18.9 Å². The normalized spacial score (nSPS) is 24.2. The molecule has 4 nitrogen and oxygen atoms in total. The summed E-state index contributed by atoms with van der Waals surface area (Å²) >= 11 is 0. The van der Waals surface area contributed by atoms with Gasteiger partial charge in [0.15, 0.2) is 0 Å². The average Bonchev–Trinajstić information content (AvgIpc) is 2.29. The Hall–Kier alpha value is -1.26. The highest BCUT2D eigenvalue weighted by Gasteiger charge is 2.28. The first-order chi connectivity index (χ1) is 7.27. The lowest BCUT2D eigenvalue weighted by atomic mass is 9.90. The van der Waals surface area contributed by atoms with Gasteiger partial charge in [-0.05, 0) is 12.6 Å². The molecule has 0 radical (unpaired) electrons. The van der Waals surface area contributed by atoms with Crippen LogP contribution in [0, 0.1) is 5.92 Å². The smallest absolute Gasteiger partial charge is 0.142 e. The largest absolute Gasteiger partial charge is 0.495 e. The Bertz CT molecular complexity index is 354. The number of rotatable bonds is 2. The maximum Gasteiger partial charge on any atom is 0.142 e. The van der Waals surface area contributed by atoms with Gasteiger partial charge < -0.3 is 20.9 Å². The molecule has 0 saturated carbocycles. The number of aliphatic hydroxyl groups excluding tert-OH is 1. The zero-order valence-electron chi connectivity index (χ0n) is 8.73. The van der Waals surface area contributed by atoms with Gasteiger partial charge in [-0.3, -0.25) is 0 Å². The molecule has 1 aliphatic rings. The molecule has 15 heavy (non-hydrogen) atoms. The molecule has 0 spiro atoms. The van der Waals surface area contributed by atoms with Crippen molar-refractivity contribution < 1.29 is 9.84 Å². The second kappa shape index (κ2) is 4.08. The molecule has 0 fully saturated rings. The first-order valence-electron chi connectivity index (χ1n) is 5.06. The highest BCUT2D eigenvalue weighted by atomic mass is 16.5. The van der Waals surface area contributed by atoms with E-state index in [0.717, 1.165) is 17.0 Å². The van der Waals surface area contributed by atoms with Crippen LogP contribution in [0.2, 0.25) is 0 Å². The summed E-state index contributed by atoms with van der Waals surface area (Å²) in [5.74, 6) is 0.839. The fourth-order valence-corrected chi connectivity index (χ4v) is 1.96. The van der Waals surface area contributed by atoms with Gasteiger partial charge in [0.2, 0.25) is 0 Å². The molecule has 1 aliphatic heterocycles. The van der Waals surface area contributed by atoms with Crippen LogP contribution in [0.1, 0.15) is 11.7 Å². The molecule has 0 bridgehead atoms. The van der Waals surface area contributed by atoms with Gasteiger partial charge in [-0.2, -0.15) is 0 Å². The topological polar surface area (TPSA) is 67.5 Å². The van der Waals surface area contributed by atoms with E-state index in [2.05, 4.69) is 5.32 Å². The molecule has 1 aromatic rings. The Labute approximate surface area is 89.0 Å². The predicted octanol–water partition coefficient (Wildman–Crippen LogP) is 0.729. The summed E-state index contributed by atoms with van der Waals surface area (Å²) in [4.78, 5) is 0. The van der Waals surface area contributed by atoms with Crippen molar-refractivity contribution in [3.05, 3.63) is 23.8 Å². The van der Waals surface area contributed by atoms with Gasteiger partial charge in [0, 0.05) is 18.0 Å². The summed E-state index contributed by atoms with van der Waals surface area (Å²) in [5, 5.41) is 13.3. The van der Waals surface area contributed by atoms with E-state index >= 15 is 0 Å². The third-order valence-electron chi connectivity index (χ3n) is 2.89. The van der Waals surface area contributed by atoms with Crippen LogP contribution in [-0.4, -0.2) is 25.3 Å². The van der Waals surface area contributed by atoms with Crippen LogP contribution in [0.3, 0.4) is 0 Å². The molecular formula is C11H16N2O2. The fraction of sp³-hybridized carbons (Fsp3) is 0.455. The molecule has 0 aromatic heterocycles. The highest BCUT2D eigenvalue weighted by Crippen LogP contribution is 2.38. The first-order valence-corrected chi connectivity index (χ1v) is 5.06. The number of anilines is 1. The number of nitrogens with one attached hydrogen (secondary N) is 1. The maximum absolute atomic E-state index is 10.1. The van der Waals surface area contributed by atoms with Crippen molar-refractivity contribution in [1.29, 1.82) is 0 Å². The number of para-hydroxylation sites is 1. The zero-order valence-corrected chi connectivity index (χ0v) is 8.73. The van der Waals surface area contributed by atoms with Crippen molar-refractivity contribution in [3.8, 4) is 5.75 Å². The van der Waals surface area contributed by atoms with E-state index in [0.29, 0.717) is 13.1 Å². The quantitative estimate of drug-likeness (QED) is 0.670. The number of hydrogen-bond acceptors (Lipinski definition) is 4. The van der Waals surface area contributed by atoms with Crippen molar-refractivity contribution in [2.24, 2.45) is 11.7 Å². The number of fused-ring (bicyclic) bond motifs is 1. The van der Waals surface area contributed by atoms with Gasteiger partial charge in [-0.1, -0.05) is 12.1 Å². The predicted molar refractivity (Wildman–Crippen MR) is 59.0 cm³/mol. The van der Waals surface area contributed by atoms with Gasteiger partial charge in [0.25, 0.3) is 0 Å². The second-order valence-electron chi connectivity index (χ2n) is 3.75. The lowest BCUT2D eigenvalue weighted by molar-refractivity contribution is 0.114. The Morgan fingerprint density at radius 3 is 3.07 bits per heavy atom. The van der Waals surface area contributed by atoms with Gasteiger partial charge in [-0.25, -0.2) is 0 Å². The number of methoxy groups -OCH3 is 1. The molecule has 0 unspecified atom stereocenters. The fourth-order valence-electron chi connectivity index (χ4n) is 1.96. The first kappa shape index (κ1) is 10.3. The van der Waals surface area contributed by atoms with E-state index in [4.69, 9.17) is 10.5 Å². The van der Waals surface area contributed by atoms with Crippen molar-refractivity contribution in [2.75, 3.05) is 25.5 Å². The Morgan fingerprint density at radius 1 is 1.60 bits per heavy atom. The summed E-state index contributed by atoms with van der Waals surface area (Å²) in [7, 11) is 1.62. The Morgan fingerprint density at radius 2 is 2.40 bits per heavy atom. The Kier molecular flexibility index (Phi) is 2.79. The molecule has 0 amide bonds. The van der Waals surface area contributed by atoms with E-state index in [1.165, 1.54) is 0 Å². The summed E-state index contributed by atoms with van der Waals surface area (Å²) in [5.41, 5.74) is 7.35. The molecule has 2 atom stereocenters. The van der Waals surface area contributed by atoms with Gasteiger partial charge >= 0.3 is 0 Å². The third-order valence-corrected chi connectivity index (χ3v) is 2.89. The summed E-state index contributed by atoms with van der Waals surface area (Å²) in [6, 6.07) is 5.65. The van der Waals surface area contributed by atoms with E-state index in [9.17, 15) is 5.11 Å². The molecule has 4 N–H and O–H groups in total.